The zero-order chi connectivity index (χ0) is 24.1. The van der Waals surface area contributed by atoms with Crippen LogP contribution in [0.5, 0.6) is 5.75 Å². The first-order valence-electron chi connectivity index (χ1n) is 12.2. The van der Waals surface area contributed by atoms with Crippen molar-refractivity contribution in [2.75, 3.05) is 13.2 Å². The minimum Gasteiger partial charge on any atom is -0.493 e. The number of hydrogen-bond acceptors (Lipinski definition) is 3. The van der Waals surface area contributed by atoms with Gasteiger partial charge in [-0.2, -0.15) is 0 Å². The first kappa shape index (κ1) is 27.7. The van der Waals surface area contributed by atoms with Crippen LogP contribution < -0.4 is 4.74 Å². The van der Waals surface area contributed by atoms with Gasteiger partial charge in [-0.1, -0.05) is 78.2 Å². The fourth-order valence-electron chi connectivity index (χ4n) is 3.45. The molecule has 0 bridgehead atoms. The van der Waals surface area contributed by atoms with E-state index >= 15 is 0 Å². The number of unbranched alkanes of at least 4 members (excludes halogenated alkanes) is 3. The summed E-state index contributed by atoms with van der Waals surface area (Å²) in [4.78, 5) is 11.6. The van der Waals surface area contributed by atoms with E-state index in [4.69, 9.17) is 9.47 Å². The zero-order valence-electron chi connectivity index (χ0n) is 21.6. The molecule has 1 aromatic rings. The third-order valence-electron chi connectivity index (χ3n) is 5.44. The van der Waals surface area contributed by atoms with Gasteiger partial charge in [-0.25, -0.2) is 4.79 Å². The van der Waals surface area contributed by atoms with E-state index in [1.54, 1.807) is 0 Å². The van der Waals surface area contributed by atoms with Crippen LogP contribution in [0.4, 0.5) is 0 Å². The quantitative estimate of drug-likeness (QED) is 0.134. The number of carbonyl (C=O) groups is 1. The highest BCUT2D eigenvalue weighted by Gasteiger charge is 2.17. The minimum absolute atomic E-state index is 0.305. The lowest BCUT2D eigenvalue weighted by Crippen LogP contribution is -2.06. The standard InChI is InChI=1S/C29H44O3/c1-9-11-12-13-17-32-29-26(22(5)6)19-25(21(3)4)20-27(29)24(8)16-14-15-23(7)18-28(30)31-10-2/h14-16,18-22H,9-13,17H2,1-8H3/b15-14+,23-18+,24-16-. The second-order valence-electron chi connectivity index (χ2n) is 9.05. The third-order valence-corrected chi connectivity index (χ3v) is 5.44. The Morgan fingerprint density at radius 2 is 1.72 bits per heavy atom. The van der Waals surface area contributed by atoms with Crippen LogP contribution >= 0.6 is 0 Å². The Bertz CT molecular complexity index is 810. The van der Waals surface area contributed by atoms with Crippen LogP contribution in [0.3, 0.4) is 0 Å². The third kappa shape index (κ3) is 9.46. The molecule has 0 radical (unpaired) electrons. The summed E-state index contributed by atoms with van der Waals surface area (Å²) in [6.45, 7) is 18.1. The summed E-state index contributed by atoms with van der Waals surface area (Å²) in [5.41, 5.74) is 5.78. The lowest BCUT2D eigenvalue weighted by atomic mass is 9.89. The van der Waals surface area contributed by atoms with Crippen molar-refractivity contribution in [1.29, 1.82) is 0 Å². The Hall–Kier alpha value is -2.29. The van der Waals surface area contributed by atoms with E-state index in [1.165, 1.54) is 36.5 Å². The van der Waals surface area contributed by atoms with Crippen LogP contribution in [-0.4, -0.2) is 19.2 Å². The normalized spacial score (nSPS) is 12.8. The molecule has 1 rings (SSSR count). The second kappa shape index (κ2) is 14.7. The topological polar surface area (TPSA) is 35.5 Å². The van der Waals surface area contributed by atoms with Gasteiger partial charge < -0.3 is 9.47 Å². The van der Waals surface area contributed by atoms with Gasteiger partial charge in [-0.3, -0.25) is 0 Å². The van der Waals surface area contributed by atoms with Crippen LogP contribution in [0.15, 0.2) is 42.0 Å². The predicted octanol–water partition coefficient (Wildman–Crippen LogP) is 8.36. The van der Waals surface area contributed by atoms with E-state index in [0.717, 1.165) is 35.5 Å². The molecule has 0 spiro atoms. The fraction of sp³-hybridized carbons (Fsp3) is 0.552. The molecular formula is C29H44O3. The predicted molar refractivity (Wildman–Crippen MR) is 137 cm³/mol. The molecule has 0 atom stereocenters. The molecule has 0 fully saturated rings. The van der Waals surface area contributed by atoms with Gasteiger partial charge in [-0.15, -0.1) is 0 Å². The van der Waals surface area contributed by atoms with Gasteiger partial charge in [0.15, 0.2) is 0 Å². The number of hydrogen-bond donors (Lipinski definition) is 0. The SMILES string of the molecule is CCCCCCOc1c(\C(C)=C/C=C/C(C)=C/C(=O)OCC)cc(C(C)C)cc1C(C)C. The summed E-state index contributed by atoms with van der Waals surface area (Å²) >= 11 is 0. The average molecular weight is 441 g/mol. The maximum absolute atomic E-state index is 11.6. The van der Waals surface area contributed by atoms with Crippen molar-refractivity contribution in [3.05, 3.63) is 58.7 Å². The molecule has 0 aromatic heterocycles. The summed E-state index contributed by atoms with van der Waals surface area (Å²) in [7, 11) is 0. The molecule has 0 saturated carbocycles. The zero-order valence-corrected chi connectivity index (χ0v) is 21.6. The summed E-state index contributed by atoms with van der Waals surface area (Å²) in [6, 6.07) is 4.59. The van der Waals surface area contributed by atoms with Crippen molar-refractivity contribution in [3.8, 4) is 5.75 Å². The van der Waals surface area contributed by atoms with E-state index in [2.05, 4.69) is 59.8 Å². The van der Waals surface area contributed by atoms with Gasteiger partial charge in [0, 0.05) is 11.6 Å². The molecule has 3 nitrogen and oxygen atoms in total. The van der Waals surface area contributed by atoms with E-state index in [-0.39, 0.29) is 5.97 Å². The Morgan fingerprint density at radius 1 is 1.00 bits per heavy atom. The maximum atomic E-state index is 11.6. The first-order valence-corrected chi connectivity index (χ1v) is 12.2. The highest BCUT2D eigenvalue weighted by atomic mass is 16.5. The van der Waals surface area contributed by atoms with E-state index in [9.17, 15) is 4.79 Å². The molecular weight excluding hydrogens is 396 g/mol. The minimum atomic E-state index is -0.305. The van der Waals surface area contributed by atoms with Crippen LogP contribution in [0.25, 0.3) is 5.57 Å². The van der Waals surface area contributed by atoms with Crippen molar-refractivity contribution in [2.24, 2.45) is 0 Å². The number of esters is 1. The fourth-order valence-corrected chi connectivity index (χ4v) is 3.45. The lowest BCUT2D eigenvalue weighted by Gasteiger charge is -2.21. The van der Waals surface area contributed by atoms with Crippen LogP contribution in [0.1, 0.15) is 110 Å². The highest BCUT2D eigenvalue weighted by molar-refractivity contribution is 5.83. The summed E-state index contributed by atoms with van der Waals surface area (Å²) < 4.78 is 11.4. The number of carbonyl (C=O) groups excluding carboxylic acids is 1. The van der Waals surface area contributed by atoms with Gasteiger partial charge in [0.05, 0.1) is 13.2 Å². The summed E-state index contributed by atoms with van der Waals surface area (Å²) in [5, 5.41) is 0. The molecule has 0 unspecified atom stereocenters. The van der Waals surface area contributed by atoms with Crippen molar-refractivity contribution >= 4 is 11.5 Å². The van der Waals surface area contributed by atoms with E-state index < -0.39 is 0 Å². The summed E-state index contributed by atoms with van der Waals surface area (Å²) in [5.74, 6) is 1.54. The molecule has 0 amide bonds. The van der Waals surface area contributed by atoms with Gasteiger partial charge >= 0.3 is 5.97 Å². The van der Waals surface area contributed by atoms with E-state index in [1.807, 2.05) is 26.0 Å². The number of ether oxygens (including phenoxy) is 2. The number of rotatable bonds is 13. The molecule has 178 valence electrons. The monoisotopic (exact) mass is 440 g/mol. The number of allylic oxidation sites excluding steroid dienone is 5. The summed E-state index contributed by atoms with van der Waals surface area (Å²) in [6.07, 6.45) is 12.3. The van der Waals surface area contributed by atoms with Crippen LogP contribution in [0, 0.1) is 0 Å². The Morgan fingerprint density at radius 3 is 2.31 bits per heavy atom. The van der Waals surface area contributed by atoms with Crippen molar-refractivity contribution in [1.82, 2.24) is 0 Å². The Labute approximate surface area is 196 Å². The van der Waals surface area contributed by atoms with Crippen LogP contribution in [-0.2, 0) is 9.53 Å². The van der Waals surface area contributed by atoms with Crippen LogP contribution in [0.2, 0.25) is 0 Å². The highest BCUT2D eigenvalue weighted by Crippen LogP contribution is 2.37. The molecule has 0 saturated heterocycles. The molecule has 0 aliphatic heterocycles. The first-order chi connectivity index (χ1) is 15.2. The van der Waals surface area contributed by atoms with Gasteiger partial charge in [0.25, 0.3) is 0 Å². The lowest BCUT2D eigenvalue weighted by molar-refractivity contribution is -0.137. The molecule has 3 heteroatoms. The van der Waals surface area contributed by atoms with Gasteiger partial charge in [-0.05, 0) is 67.4 Å². The number of benzene rings is 1. The maximum Gasteiger partial charge on any atom is 0.330 e. The van der Waals surface area contributed by atoms with E-state index in [0.29, 0.717) is 18.4 Å². The average Bonchev–Trinajstić information content (AvgIpc) is 2.72. The molecule has 0 aliphatic carbocycles. The van der Waals surface area contributed by atoms with Gasteiger partial charge in [0.1, 0.15) is 5.75 Å². The second-order valence-corrected chi connectivity index (χ2v) is 9.05. The largest absolute Gasteiger partial charge is 0.493 e. The molecule has 0 N–H and O–H groups in total. The van der Waals surface area contributed by atoms with Crippen molar-refractivity contribution < 1.29 is 14.3 Å². The van der Waals surface area contributed by atoms with Crippen molar-refractivity contribution in [2.45, 2.75) is 92.9 Å². The van der Waals surface area contributed by atoms with Gasteiger partial charge in [0.2, 0.25) is 0 Å². The van der Waals surface area contributed by atoms with Crippen molar-refractivity contribution in [3.63, 3.8) is 0 Å². The Balaban J connectivity index is 3.26. The Kier molecular flexibility index (Phi) is 12.8. The smallest absolute Gasteiger partial charge is 0.330 e. The molecule has 0 heterocycles. The molecule has 32 heavy (non-hydrogen) atoms. The molecule has 0 aliphatic rings. The molecule has 1 aromatic carbocycles.